The third kappa shape index (κ3) is 3.36. The maximum atomic E-state index is 13.6. The lowest BCUT2D eigenvalue weighted by molar-refractivity contribution is -0.141. The fourth-order valence-electron chi connectivity index (χ4n) is 5.84. The molecule has 3 aliphatic rings. The number of hydrogen-bond donors (Lipinski definition) is 0. The van der Waals surface area contributed by atoms with E-state index < -0.39 is 11.2 Å². The number of carbonyl (C=O) groups excluding carboxylic acids is 3. The minimum Gasteiger partial charge on any atom is -0.342 e. The SMILES string of the molecule is CCN1CC[C@]2(CN(C(=O)N(C)C)CC23CCN(C(=O)c2cccc(F)c2)CC3)C1=O. The molecule has 3 heterocycles. The van der Waals surface area contributed by atoms with Crippen molar-refractivity contribution in [2.75, 3.05) is 53.4 Å². The average Bonchev–Trinajstić information content (AvgIpc) is 3.25. The molecule has 2 spiro atoms. The van der Waals surface area contributed by atoms with Gasteiger partial charge in [0.1, 0.15) is 5.82 Å². The van der Waals surface area contributed by atoms with E-state index >= 15 is 0 Å². The quantitative estimate of drug-likeness (QED) is 0.723. The summed E-state index contributed by atoms with van der Waals surface area (Å²) < 4.78 is 13.6. The molecule has 1 aromatic carbocycles. The average molecular weight is 431 g/mol. The zero-order valence-corrected chi connectivity index (χ0v) is 18.6. The van der Waals surface area contributed by atoms with Gasteiger partial charge in [-0.1, -0.05) is 6.07 Å². The van der Waals surface area contributed by atoms with E-state index in [4.69, 9.17) is 0 Å². The molecule has 168 valence electrons. The molecular weight excluding hydrogens is 399 g/mol. The Balaban J connectivity index is 1.58. The molecule has 0 aliphatic carbocycles. The van der Waals surface area contributed by atoms with Crippen molar-refractivity contribution in [1.29, 1.82) is 0 Å². The van der Waals surface area contributed by atoms with Gasteiger partial charge in [-0.05, 0) is 44.4 Å². The highest BCUT2D eigenvalue weighted by Crippen LogP contribution is 2.58. The number of hydrogen-bond acceptors (Lipinski definition) is 3. The van der Waals surface area contributed by atoms with Crippen LogP contribution in [-0.2, 0) is 4.79 Å². The number of piperidine rings is 1. The number of carbonyl (C=O) groups is 3. The summed E-state index contributed by atoms with van der Waals surface area (Å²) >= 11 is 0. The van der Waals surface area contributed by atoms with Gasteiger partial charge in [-0.25, -0.2) is 9.18 Å². The maximum absolute atomic E-state index is 13.6. The van der Waals surface area contributed by atoms with Crippen LogP contribution in [0.3, 0.4) is 0 Å². The standard InChI is InChI=1S/C23H31FN4O3/c1-4-26-13-10-23(20(26)30)16-28(21(31)25(2)3)15-22(23)8-11-27(12-9-22)19(29)17-6-5-7-18(24)14-17/h5-7,14H,4,8-13,15-16H2,1-3H3/t23-/m0/s1. The summed E-state index contributed by atoms with van der Waals surface area (Å²) in [5, 5.41) is 0. The zero-order valence-electron chi connectivity index (χ0n) is 18.6. The van der Waals surface area contributed by atoms with Gasteiger partial charge in [-0.3, -0.25) is 9.59 Å². The molecule has 31 heavy (non-hydrogen) atoms. The normalized spacial score (nSPS) is 25.0. The summed E-state index contributed by atoms with van der Waals surface area (Å²) in [7, 11) is 3.46. The second-order valence-corrected chi connectivity index (χ2v) is 9.33. The summed E-state index contributed by atoms with van der Waals surface area (Å²) in [6.07, 6.45) is 2.07. The maximum Gasteiger partial charge on any atom is 0.319 e. The van der Waals surface area contributed by atoms with E-state index in [0.717, 1.165) is 6.42 Å². The predicted molar refractivity (Wildman–Crippen MR) is 114 cm³/mol. The lowest BCUT2D eigenvalue weighted by Crippen LogP contribution is -2.53. The largest absolute Gasteiger partial charge is 0.342 e. The van der Waals surface area contributed by atoms with Crippen molar-refractivity contribution in [2.24, 2.45) is 10.8 Å². The summed E-state index contributed by atoms with van der Waals surface area (Å²) in [4.78, 5) is 46.2. The Hall–Kier alpha value is -2.64. The Morgan fingerprint density at radius 3 is 2.35 bits per heavy atom. The van der Waals surface area contributed by atoms with Crippen molar-refractivity contribution < 1.29 is 18.8 Å². The second kappa shape index (κ2) is 7.80. The molecule has 3 fully saturated rings. The first kappa shape index (κ1) is 21.6. The van der Waals surface area contributed by atoms with Crippen molar-refractivity contribution in [3.63, 3.8) is 0 Å². The van der Waals surface area contributed by atoms with Crippen LogP contribution < -0.4 is 0 Å². The van der Waals surface area contributed by atoms with Crippen molar-refractivity contribution in [2.45, 2.75) is 26.2 Å². The van der Waals surface area contributed by atoms with Crippen molar-refractivity contribution >= 4 is 17.8 Å². The summed E-state index contributed by atoms with van der Waals surface area (Å²) in [5.41, 5.74) is -0.572. The van der Waals surface area contributed by atoms with Gasteiger partial charge in [-0.2, -0.15) is 0 Å². The van der Waals surface area contributed by atoms with Crippen molar-refractivity contribution in [1.82, 2.24) is 19.6 Å². The van der Waals surface area contributed by atoms with E-state index in [2.05, 4.69) is 0 Å². The lowest BCUT2D eigenvalue weighted by Gasteiger charge is -2.46. The van der Waals surface area contributed by atoms with Crippen LogP contribution in [0, 0.1) is 16.6 Å². The Kier molecular flexibility index (Phi) is 5.43. The zero-order chi connectivity index (χ0) is 22.4. The first-order valence-electron chi connectivity index (χ1n) is 11.0. The Morgan fingerprint density at radius 1 is 1.06 bits per heavy atom. The minimum atomic E-state index is -0.581. The van der Waals surface area contributed by atoms with Gasteiger partial charge in [0.25, 0.3) is 5.91 Å². The number of nitrogens with zero attached hydrogens (tertiary/aromatic N) is 4. The molecule has 8 heteroatoms. The van der Waals surface area contributed by atoms with E-state index in [1.54, 1.807) is 36.0 Å². The van der Waals surface area contributed by atoms with Crippen LogP contribution in [-0.4, -0.2) is 90.8 Å². The molecule has 0 saturated carbocycles. The number of urea groups is 1. The summed E-state index contributed by atoms with van der Waals surface area (Å²) in [6.45, 7) is 5.35. The van der Waals surface area contributed by atoms with Gasteiger partial charge in [0, 0.05) is 64.3 Å². The highest BCUT2D eigenvalue weighted by atomic mass is 19.1. The fraction of sp³-hybridized carbons (Fsp3) is 0.609. The van der Waals surface area contributed by atoms with Gasteiger partial charge >= 0.3 is 6.03 Å². The Labute approximate surface area is 182 Å². The monoisotopic (exact) mass is 430 g/mol. The van der Waals surface area contributed by atoms with Crippen LogP contribution in [0.2, 0.25) is 0 Å². The van der Waals surface area contributed by atoms with Crippen LogP contribution in [0.15, 0.2) is 24.3 Å². The van der Waals surface area contributed by atoms with E-state index in [9.17, 15) is 18.8 Å². The Morgan fingerprint density at radius 2 is 1.77 bits per heavy atom. The highest BCUT2D eigenvalue weighted by molar-refractivity contribution is 5.94. The molecule has 3 aliphatic heterocycles. The van der Waals surface area contributed by atoms with Crippen LogP contribution in [0.1, 0.15) is 36.5 Å². The molecule has 0 aromatic heterocycles. The second-order valence-electron chi connectivity index (χ2n) is 9.33. The van der Waals surface area contributed by atoms with Crippen LogP contribution >= 0.6 is 0 Å². The first-order chi connectivity index (χ1) is 14.7. The van der Waals surface area contributed by atoms with Gasteiger partial charge in [-0.15, -0.1) is 0 Å². The molecule has 1 aromatic rings. The molecule has 7 nitrogen and oxygen atoms in total. The molecule has 0 radical (unpaired) electrons. The number of amides is 4. The molecule has 0 bridgehead atoms. The minimum absolute atomic E-state index is 0.0720. The molecule has 4 rings (SSSR count). The highest BCUT2D eigenvalue weighted by Gasteiger charge is 2.66. The summed E-state index contributed by atoms with van der Waals surface area (Å²) in [6, 6.07) is 5.69. The molecule has 4 amide bonds. The third-order valence-electron chi connectivity index (χ3n) is 7.59. The first-order valence-corrected chi connectivity index (χ1v) is 11.0. The van der Waals surface area contributed by atoms with Crippen LogP contribution in [0.5, 0.6) is 0 Å². The number of likely N-dealkylation sites (tertiary alicyclic amines) is 3. The lowest BCUT2D eigenvalue weighted by atomic mass is 9.60. The molecule has 1 atom stereocenters. The third-order valence-corrected chi connectivity index (χ3v) is 7.59. The number of fused-ring (bicyclic) bond motifs is 1. The van der Waals surface area contributed by atoms with E-state index in [1.165, 1.54) is 12.1 Å². The number of rotatable bonds is 2. The molecular formula is C23H31FN4O3. The molecule has 3 saturated heterocycles. The van der Waals surface area contributed by atoms with E-state index in [-0.39, 0.29) is 23.3 Å². The molecule has 0 unspecified atom stereocenters. The Bertz CT molecular complexity index is 897. The van der Waals surface area contributed by atoms with E-state index in [1.807, 2.05) is 16.7 Å². The summed E-state index contributed by atoms with van der Waals surface area (Å²) in [5.74, 6) is -0.465. The van der Waals surface area contributed by atoms with Crippen molar-refractivity contribution in [3.05, 3.63) is 35.6 Å². The van der Waals surface area contributed by atoms with E-state index in [0.29, 0.717) is 57.7 Å². The number of halogens is 1. The smallest absolute Gasteiger partial charge is 0.319 e. The van der Waals surface area contributed by atoms with Crippen molar-refractivity contribution in [3.8, 4) is 0 Å². The topological polar surface area (TPSA) is 64.2 Å². The fourth-order valence-corrected chi connectivity index (χ4v) is 5.84. The molecule has 0 N–H and O–H groups in total. The predicted octanol–water partition coefficient (Wildman–Crippen LogP) is 2.28. The number of benzene rings is 1. The van der Waals surface area contributed by atoms with Gasteiger partial charge < -0.3 is 19.6 Å². The van der Waals surface area contributed by atoms with Gasteiger partial charge in [0.15, 0.2) is 0 Å². The van der Waals surface area contributed by atoms with Crippen LogP contribution in [0.4, 0.5) is 9.18 Å². The van der Waals surface area contributed by atoms with Gasteiger partial charge in [0.05, 0.1) is 5.41 Å². The van der Waals surface area contributed by atoms with Gasteiger partial charge in [0.2, 0.25) is 5.91 Å². The van der Waals surface area contributed by atoms with Crippen LogP contribution in [0.25, 0.3) is 0 Å².